The van der Waals surface area contributed by atoms with Crippen molar-refractivity contribution < 1.29 is 14.3 Å². The van der Waals surface area contributed by atoms with E-state index in [0.29, 0.717) is 16.7 Å². The SMILES string of the molecule is Cc1ccc(C(=O)[C@H](OC(=O)c2ccc(C)c(C)c2)c2ccc(C)cc2)cc1. The Hall–Kier alpha value is -3.20. The molecule has 28 heavy (non-hydrogen) atoms. The molecule has 142 valence electrons. The Bertz CT molecular complexity index is 999. The molecule has 0 radical (unpaired) electrons. The standard InChI is InChI=1S/C25H24O3/c1-16-5-10-20(11-6-16)23(26)24(21-12-7-17(2)8-13-21)28-25(27)22-14-9-18(3)19(4)15-22/h5-15,24H,1-4H3/t24-/m1/s1. The Morgan fingerprint density at radius 1 is 0.679 bits per heavy atom. The Morgan fingerprint density at radius 2 is 1.21 bits per heavy atom. The second-order valence-corrected chi connectivity index (χ2v) is 7.23. The van der Waals surface area contributed by atoms with Crippen LogP contribution in [0.2, 0.25) is 0 Å². The van der Waals surface area contributed by atoms with E-state index in [1.54, 1.807) is 24.3 Å². The van der Waals surface area contributed by atoms with Gasteiger partial charge < -0.3 is 4.74 Å². The van der Waals surface area contributed by atoms with Gasteiger partial charge in [0, 0.05) is 11.1 Å². The number of benzene rings is 3. The molecule has 3 aromatic rings. The molecule has 0 heterocycles. The minimum atomic E-state index is -0.989. The van der Waals surface area contributed by atoms with E-state index in [1.165, 1.54) is 0 Å². The summed E-state index contributed by atoms with van der Waals surface area (Å²) >= 11 is 0. The Labute approximate surface area is 166 Å². The van der Waals surface area contributed by atoms with Crippen LogP contribution >= 0.6 is 0 Å². The normalized spacial score (nSPS) is 11.7. The summed E-state index contributed by atoms with van der Waals surface area (Å²) in [5, 5.41) is 0. The smallest absolute Gasteiger partial charge is 0.339 e. The maximum atomic E-state index is 13.2. The molecule has 0 N–H and O–H groups in total. The number of carbonyl (C=O) groups is 2. The number of hydrogen-bond donors (Lipinski definition) is 0. The molecule has 0 fully saturated rings. The van der Waals surface area contributed by atoms with E-state index >= 15 is 0 Å². The van der Waals surface area contributed by atoms with Crippen LogP contribution in [0.5, 0.6) is 0 Å². The van der Waals surface area contributed by atoms with Gasteiger partial charge in [0.2, 0.25) is 5.78 Å². The second kappa shape index (κ2) is 8.22. The lowest BCUT2D eigenvalue weighted by atomic mass is 9.98. The summed E-state index contributed by atoms with van der Waals surface area (Å²) in [6.07, 6.45) is -0.989. The van der Waals surface area contributed by atoms with Gasteiger partial charge in [-0.05, 0) is 51.0 Å². The Morgan fingerprint density at radius 3 is 1.79 bits per heavy atom. The lowest BCUT2D eigenvalue weighted by Gasteiger charge is -2.18. The zero-order chi connectivity index (χ0) is 20.3. The van der Waals surface area contributed by atoms with Crippen molar-refractivity contribution >= 4 is 11.8 Å². The van der Waals surface area contributed by atoms with E-state index in [9.17, 15) is 9.59 Å². The van der Waals surface area contributed by atoms with Gasteiger partial charge in [0.05, 0.1) is 5.56 Å². The number of esters is 1. The Balaban J connectivity index is 1.94. The van der Waals surface area contributed by atoms with Crippen LogP contribution in [0.1, 0.15) is 54.6 Å². The van der Waals surface area contributed by atoms with Crippen LogP contribution in [0.25, 0.3) is 0 Å². The molecule has 0 aliphatic carbocycles. The number of carbonyl (C=O) groups excluding carboxylic acids is 2. The summed E-state index contributed by atoms with van der Waals surface area (Å²) in [6.45, 7) is 7.87. The van der Waals surface area contributed by atoms with Crippen LogP contribution in [0.3, 0.4) is 0 Å². The van der Waals surface area contributed by atoms with Crippen LogP contribution in [0, 0.1) is 27.7 Å². The fourth-order valence-corrected chi connectivity index (χ4v) is 2.93. The fourth-order valence-electron chi connectivity index (χ4n) is 2.93. The molecule has 1 atom stereocenters. The van der Waals surface area contributed by atoms with Crippen LogP contribution in [0.4, 0.5) is 0 Å². The van der Waals surface area contributed by atoms with E-state index in [2.05, 4.69) is 0 Å². The first-order chi connectivity index (χ1) is 13.3. The maximum Gasteiger partial charge on any atom is 0.339 e. The lowest BCUT2D eigenvalue weighted by molar-refractivity contribution is 0.0280. The van der Waals surface area contributed by atoms with Gasteiger partial charge in [0.1, 0.15) is 0 Å². The molecular weight excluding hydrogens is 348 g/mol. The van der Waals surface area contributed by atoms with Crippen molar-refractivity contribution in [3.05, 3.63) is 106 Å². The van der Waals surface area contributed by atoms with Gasteiger partial charge in [-0.2, -0.15) is 0 Å². The fraction of sp³-hybridized carbons (Fsp3) is 0.200. The number of hydrogen-bond acceptors (Lipinski definition) is 3. The van der Waals surface area contributed by atoms with Crippen molar-refractivity contribution in [2.24, 2.45) is 0 Å². The van der Waals surface area contributed by atoms with Crippen LogP contribution in [-0.4, -0.2) is 11.8 Å². The highest BCUT2D eigenvalue weighted by Crippen LogP contribution is 2.25. The van der Waals surface area contributed by atoms with Crippen LogP contribution in [0.15, 0.2) is 66.7 Å². The van der Waals surface area contributed by atoms with Crippen LogP contribution < -0.4 is 0 Å². The summed E-state index contributed by atoms with van der Waals surface area (Å²) in [5.74, 6) is -0.741. The number of Topliss-reactive ketones (excluding diaryl/α,β-unsaturated/α-hetero) is 1. The first-order valence-corrected chi connectivity index (χ1v) is 9.31. The molecule has 3 aromatic carbocycles. The van der Waals surface area contributed by atoms with Crippen molar-refractivity contribution in [3.8, 4) is 0 Å². The topological polar surface area (TPSA) is 43.4 Å². The van der Waals surface area contributed by atoms with Crippen molar-refractivity contribution in [2.45, 2.75) is 33.8 Å². The van der Waals surface area contributed by atoms with E-state index in [4.69, 9.17) is 4.74 Å². The number of aryl methyl sites for hydroxylation is 4. The van der Waals surface area contributed by atoms with Crippen LogP contribution in [-0.2, 0) is 4.74 Å². The predicted octanol–water partition coefficient (Wildman–Crippen LogP) is 5.70. The molecular formula is C25H24O3. The highest BCUT2D eigenvalue weighted by molar-refractivity contribution is 6.02. The van der Waals surface area contributed by atoms with Gasteiger partial charge in [0.25, 0.3) is 0 Å². The molecule has 0 saturated heterocycles. The van der Waals surface area contributed by atoms with Gasteiger partial charge in [-0.15, -0.1) is 0 Å². The van der Waals surface area contributed by atoms with Crippen molar-refractivity contribution in [3.63, 3.8) is 0 Å². The van der Waals surface area contributed by atoms with Gasteiger partial charge in [-0.1, -0.05) is 65.7 Å². The lowest BCUT2D eigenvalue weighted by Crippen LogP contribution is -2.20. The summed E-state index contributed by atoms with van der Waals surface area (Å²) in [7, 11) is 0. The first-order valence-electron chi connectivity index (χ1n) is 9.31. The molecule has 0 saturated carbocycles. The van der Waals surface area contributed by atoms with Crippen molar-refractivity contribution in [1.29, 1.82) is 0 Å². The van der Waals surface area contributed by atoms with Gasteiger partial charge in [-0.3, -0.25) is 4.79 Å². The monoisotopic (exact) mass is 372 g/mol. The van der Waals surface area contributed by atoms with Crippen molar-refractivity contribution in [1.82, 2.24) is 0 Å². The number of ether oxygens (including phenoxy) is 1. The summed E-state index contributed by atoms with van der Waals surface area (Å²) in [6, 6.07) is 20.2. The zero-order valence-corrected chi connectivity index (χ0v) is 16.7. The molecule has 0 amide bonds. The Kier molecular flexibility index (Phi) is 5.74. The molecule has 0 aliphatic rings. The van der Waals surface area contributed by atoms with E-state index in [1.807, 2.05) is 70.2 Å². The number of ketones is 1. The predicted molar refractivity (Wildman–Crippen MR) is 111 cm³/mol. The van der Waals surface area contributed by atoms with E-state index in [-0.39, 0.29) is 5.78 Å². The van der Waals surface area contributed by atoms with Crippen molar-refractivity contribution in [2.75, 3.05) is 0 Å². The minimum Gasteiger partial charge on any atom is -0.445 e. The molecule has 0 spiro atoms. The van der Waals surface area contributed by atoms with Gasteiger partial charge in [-0.25, -0.2) is 4.79 Å². The number of rotatable bonds is 5. The third-order valence-electron chi connectivity index (χ3n) is 4.92. The molecule has 0 bridgehead atoms. The molecule has 3 heteroatoms. The summed E-state index contributed by atoms with van der Waals surface area (Å²) in [4.78, 5) is 25.9. The van der Waals surface area contributed by atoms with Gasteiger partial charge in [0.15, 0.2) is 6.10 Å². The molecule has 0 aromatic heterocycles. The average molecular weight is 372 g/mol. The highest BCUT2D eigenvalue weighted by atomic mass is 16.5. The summed E-state index contributed by atoms with van der Waals surface area (Å²) < 4.78 is 5.72. The van der Waals surface area contributed by atoms with E-state index in [0.717, 1.165) is 22.3 Å². The third kappa shape index (κ3) is 4.37. The maximum absolute atomic E-state index is 13.2. The summed E-state index contributed by atoms with van der Waals surface area (Å²) in [5.41, 5.74) is 5.87. The zero-order valence-electron chi connectivity index (χ0n) is 16.7. The van der Waals surface area contributed by atoms with E-state index < -0.39 is 12.1 Å². The molecule has 0 aliphatic heterocycles. The second-order valence-electron chi connectivity index (χ2n) is 7.23. The third-order valence-corrected chi connectivity index (χ3v) is 4.92. The molecule has 0 unspecified atom stereocenters. The quantitative estimate of drug-likeness (QED) is 0.426. The minimum absolute atomic E-state index is 0.235. The largest absolute Gasteiger partial charge is 0.445 e. The first kappa shape index (κ1) is 19.6. The molecule has 3 rings (SSSR count). The highest BCUT2D eigenvalue weighted by Gasteiger charge is 2.27. The van der Waals surface area contributed by atoms with Gasteiger partial charge >= 0.3 is 5.97 Å². The average Bonchev–Trinajstić information content (AvgIpc) is 2.69. The molecule has 3 nitrogen and oxygen atoms in total.